The van der Waals surface area contributed by atoms with E-state index in [1.54, 1.807) is 13.0 Å². The molecule has 2 aromatic carbocycles. The normalized spacial score (nSPS) is 11.9. The summed E-state index contributed by atoms with van der Waals surface area (Å²) in [6, 6.07) is 12.0. The maximum Gasteiger partial charge on any atom is 0.416 e. The lowest BCUT2D eigenvalue weighted by Crippen LogP contribution is -2.06. The molecular weight excluding hydrogens is 357 g/mol. The van der Waals surface area contributed by atoms with Gasteiger partial charge in [-0.1, -0.05) is 24.3 Å². The van der Waals surface area contributed by atoms with Crippen LogP contribution in [0.15, 0.2) is 54.6 Å². The van der Waals surface area contributed by atoms with Crippen LogP contribution in [-0.4, -0.2) is 15.9 Å². The Morgan fingerprint density at radius 2 is 1.78 bits per heavy atom. The first kappa shape index (κ1) is 18.6. The molecule has 1 heterocycles. The smallest absolute Gasteiger partial charge is 0.416 e. The standard InChI is InChI=1S/C20H15F3N2O2/c1-13-18(25-17-8-3-2-7-16(17)24-13)12-27-19(26)10-9-14-5-4-6-15(11-14)20(21,22)23/h2-11H,12H2,1H3. The maximum absolute atomic E-state index is 12.7. The number of benzene rings is 2. The van der Waals surface area contributed by atoms with Gasteiger partial charge in [-0.2, -0.15) is 13.2 Å². The lowest BCUT2D eigenvalue weighted by Gasteiger charge is -2.07. The zero-order valence-electron chi connectivity index (χ0n) is 14.3. The van der Waals surface area contributed by atoms with Crippen molar-refractivity contribution in [3.8, 4) is 0 Å². The molecule has 0 aliphatic carbocycles. The molecule has 0 aliphatic rings. The van der Waals surface area contributed by atoms with Gasteiger partial charge in [-0.05, 0) is 42.8 Å². The molecule has 0 fully saturated rings. The van der Waals surface area contributed by atoms with Gasteiger partial charge in [0.15, 0.2) is 0 Å². The molecule has 3 rings (SSSR count). The number of rotatable bonds is 4. The van der Waals surface area contributed by atoms with Crippen LogP contribution in [0.4, 0.5) is 13.2 Å². The van der Waals surface area contributed by atoms with E-state index in [1.807, 2.05) is 18.2 Å². The highest BCUT2D eigenvalue weighted by molar-refractivity contribution is 5.87. The quantitative estimate of drug-likeness (QED) is 0.491. The predicted molar refractivity (Wildman–Crippen MR) is 94.5 cm³/mol. The van der Waals surface area contributed by atoms with Crippen molar-refractivity contribution in [2.45, 2.75) is 19.7 Å². The zero-order chi connectivity index (χ0) is 19.4. The third-order valence-electron chi connectivity index (χ3n) is 3.82. The van der Waals surface area contributed by atoms with E-state index in [2.05, 4.69) is 9.97 Å². The number of carbonyl (C=O) groups is 1. The van der Waals surface area contributed by atoms with E-state index in [9.17, 15) is 18.0 Å². The van der Waals surface area contributed by atoms with Crippen molar-refractivity contribution < 1.29 is 22.7 Å². The third kappa shape index (κ3) is 4.69. The molecule has 1 aromatic heterocycles. The number of esters is 1. The molecular formula is C20H15F3N2O2. The third-order valence-corrected chi connectivity index (χ3v) is 3.82. The summed E-state index contributed by atoms with van der Waals surface area (Å²) in [6.07, 6.45) is -2.08. The van der Waals surface area contributed by atoms with Gasteiger partial charge >= 0.3 is 12.1 Å². The molecule has 0 unspecified atom stereocenters. The highest BCUT2D eigenvalue weighted by Crippen LogP contribution is 2.29. The second kappa shape index (κ2) is 7.57. The summed E-state index contributed by atoms with van der Waals surface area (Å²) < 4.78 is 43.2. The Hall–Kier alpha value is -3.22. The molecule has 3 aromatic rings. The average molecular weight is 372 g/mol. The number of hydrogen-bond donors (Lipinski definition) is 0. The summed E-state index contributed by atoms with van der Waals surface area (Å²) in [5, 5.41) is 0. The summed E-state index contributed by atoms with van der Waals surface area (Å²) in [4.78, 5) is 20.7. The van der Waals surface area contributed by atoms with Gasteiger partial charge in [0.05, 0.1) is 28.0 Å². The van der Waals surface area contributed by atoms with Crippen LogP contribution in [0.1, 0.15) is 22.5 Å². The van der Waals surface area contributed by atoms with Gasteiger partial charge in [-0.15, -0.1) is 0 Å². The fourth-order valence-electron chi connectivity index (χ4n) is 2.43. The van der Waals surface area contributed by atoms with Crippen LogP contribution in [-0.2, 0) is 22.3 Å². The number of aryl methyl sites for hydroxylation is 1. The SMILES string of the molecule is Cc1nc2ccccc2nc1COC(=O)C=Cc1cccc(C(F)(F)F)c1. The molecule has 138 valence electrons. The van der Waals surface area contributed by atoms with Crippen LogP contribution in [0.5, 0.6) is 0 Å². The molecule has 7 heteroatoms. The number of hydrogen-bond acceptors (Lipinski definition) is 4. The summed E-state index contributed by atoms with van der Waals surface area (Å²) in [5.41, 5.74) is 2.07. The molecule has 0 radical (unpaired) electrons. The second-order valence-corrected chi connectivity index (χ2v) is 5.81. The van der Waals surface area contributed by atoms with Gasteiger partial charge in [0.2, 0.25) is 0 Å². The van der Waals surface area contributed by atoms with Crippen LogP contribution in [0, 0.1) is 6.92 Å². The molecule has 0 N–H and O–H groups in total. The van der Waals surface area contributed by atoms with Crippen LogP contribution in [0.25, 0.3) is 17.1 Å². The number of halogens is 3. The highest BCUT2D eigenvalue weighted by atomic mass is 19.4. The number of ether oxygens (including phenoxy) is 1. The van der Waals surface area contributed by atoms with E-state index in [0.29, 0.717) is 16.9 Å². The van der Waals surface area contributed by atoms with E-state index < -0.39 is 17.7 Å². The fourth-order valence-corrected chi connectivity index (χ4v) is 2.43. The Morgan fingerprint density at radius 3 is 2.48 bits per heavy atom. The van der Waals surface area contributed by atoms with Gasteiger partial charge in [-0.25, -0.2) is 14.8 Å². The summed E-state index contributed by atoms with van der Waals surface area (Å²) in [6.45, 7) is 1.69. The average Bonchev–Trinajstić information content (AvgIpc) is 2.64. The van der Waals surface area contributed by atoms with Crippen molar-refractivity contribution in [1.29, 1.82) is 0 Å². The van der Waals surface area contributed by atoms with Crippen molar-refractivity contribution in [2.75, 3.05) is 0 Å². The summed E-state index contributed by atoms with van der Waals surface area (Å²) >= 11 is 0. The number of nitrogens with zero attached hydrogens (tertiary/aromatic N) is 2. The minimum atomic E-state index is -4.43. The van der Waals surface area contributed by atoms with E-state index >= 15 is 0 Å². The first-order valence-corrected chi connectivity index (χ1v) is 8.07. The topological polar surface area (TPSA) is 52.1 Å². The molecule has 0 spiro atoms. The van der Waals surface area contributed by atoms with Crippen LogP contribution in [0.2, 0.25) is 0 Å². The predicted octanol–water partition coefficient (Wildman–Crippen LogP) is 4.71. The molecule has 0 amide bonds. The van der Waals surface area contributed by atoms with Crippen LogP contribution < -0.4 is 0 Å². The van der Waals surface area contributed by atoms with Crippen molar-refractivity contribution in [2.24, 2.45) is 0 Å². The van der Waals surface area contributed by atoms with E-state index in [4.69, 9.17) is 4.74 Å². The van der Waals surface area contributed by atoms with Gasteiger partial charge in [0.1, 0.15) is 6.61 Å². The fraction of sp³-hybridized carbons (Fsp3) is 0.150. The van der Waals surface area contributed by atoms with E-state index in [1.165, 1.54) is 18.2 Å². The molecule has 4 nitrogen and oxygen atoms in total. The highest BCUT2D eigenvalue weighted by Gasteiger charge is 2.30. The summed E-state index contributed by atoms with van der Waals surface area (Å²) in [5.74, 6) is -0.679. The van der Waals surface area contributed by atoms with Gasteiger partial charge in [0, 0.05) is 6.08 Å². The largest absolute Gasteiger partial charge is 0.456 e. The number of carbonyl (C=O) groups excluding carboxylic acids is 1. The van der Waals surface area contributed by atoms with Crippen LogP contribution >= 0.6 is 0 Å². The van der Waals surface area contributed by atoms with Crippen molar-refractivity contribution in [1.82, 2.24) is 9.97 Å². The Labute approximate surface area is 153 Å². The number of para-hydroxylation sites is 2. The lowest BCUT2D eigenvalue weighted by atomic mass is 10.1. The van der Waals surface area contributed by atoms with Gasteiger partial charge in [0.25, 0.3) is 0 Å². The van der Waals surface area contributed by atoms with Crippen LogP contribution in [0.3, 0.4) is 0 Å². The van der Waals surface area contributed by atoms with Crippen molar-refractivity contribution >= 4 is 23.1 Å². The zero-order valence-corrected chi connectivity index (χ0v) is 14.3. The minimum absolute atomic E-state index is 0.0740. The van der Waals surface area contributed by atoms with E-state index in [0.717, 1.165) is 23.7 Å². The summed E-state index contributed by atoms with van der Waals surface area (Å²) in [7, 11) is 0. The Morgan fingerprint density at radius 1 is 1.07 bits per heavy atom. The van der Waals surface area contributed by atoms with E-state index in [-0.39, 0.29) is 12.2 Å². The molecule has 0 atom stereocenters. The lowest BCUT2D eigenvalue weighted by molar-refractivity contribution is -0.139. The molecule has 0 aliphatic heterocycles. The monoisotopic (exact) mass is 372 g/mol. The number of alkyl halides is 3. The molecule has 0 bridgehead atoms. The van der Waals surface area contributed by atoms with Crippen molar-refractivity contribution in [3.05, 3.63) is 77.1 Å². The Kier molecular flexibility index (Phi) is 5.21. The number of aromatic nitrogens is 2. The Balaban J connectivity index is 1.66. The number of fused-ring (bicyclic) bond motifs is 1. The molecule has 0 saturated heterocycles. The van der Waals surface area contributed by atoms with Gasteiger partial charge < -0.3 is 4.74 Å². The first-order chi connectivity index (χ1) is 12.8. The van der Waals surface area contributed by atoms with Gasteiger partial charge in [-0.3, -0.25) is 0 Å². The maximum atomic E-state index is 12.7. The minimum Gasteiger partial charge on any atom is -0.456 e. The van der Waals surface area contributed by atoms with Crippen molar-refractivity contribution in [3.63, 3.8) is 0 Å². The Bertz CT molecular complexity index is 1010. The molecule has 27 heavy (non-hydrogen) atoms. The second-order valence-electron chi connectivity index (χ2n) is 5.81. The molecule has 0 saturated carbocycles. The first-order valence-electron chi connectivity index (χ1n) is 8.07.